The second-order valence-electron chi connectivity index (χ2n) is 11.7. The number of epoxide rings is 3. The van der Waals surface area contributed by atoms with E-state index in [1.165, 1.54) is 0 Å². The number of cyclic esters (lactones) is 1. The molecule has 35 heavy (non-hydrogen) atoms. The summed E-state index contributed by atoms with van der Waals surface area (Å²) >= 11 is 0. The van der Waals surface area contributed by atoms with Gasteiger partial charge < -0.3 is 23.7 Å². The summed E-state index contributed by atoms with van der Waals surface area (Å²) in [6.07, 6.45) is 3.95. The molecule has 4 aliphatic heterocycles. The Labute approximate surface area is 202 Å². The lowest BCUT2D eigenvalue weighted by Gasteiger charge is -2.53. The molecule has 5 fully saturated rings. The van der Waals surface area contributed by atoms with E-state index in [9.17, 15) is 9.59 Å². The number of nitrogens with one attached hydrogen (secondary N) is 1. The summed E-state index contributed by atoms with van der Waals surface area (Å²) in [6, 6.07) is 3.44. The van der Waals surface area contributed by atoms with Crippen molar-refractivity contribution in [3.8, 4) is 0 Å². The van der Waals surface area contributed by atoms with Gasteiger partial charge in [0.15, 0.2) is 11.7 Å². The SMILES string of the molecule is CC(C)[C@]12O[C@H]1[C@@H]1O[C@]13[C@]1(O[C@H]1C[C@H]1C4=C(CC[C@@]13C)C(=O)OC4)[C@@H]2OC(=O)Nc1ccncc1. The van der Waals surface area contributed by atoms with Crippen LogP contribution >= 0.6 is 0 Å². The Hall–Kier alpha value is -2.49. The lowest BCUT2D eigenvalue weighted by atomic mass is 9.46. The molecule has 0 radical (unpaired) electrons. The van der Waals surface area contributed by atoms with E-state index in [4.69, 9.17) is 23.7 Å². The quantitative estimate of drug-likeness (QED) is 0.519. The number of aromatic nitrogens is 1. The molecule has 3 saturated heterocycles. The molecule has 1 aromatic heterocycles. The maximum Gasteiger partial charge on any atom is 0.412 e. The smallest absolute Gasteiger partial charge is 0.412 e. The second kappa shape index (κ2) is 6.07. The van der Waals surface area contributed by atoms with Crippen molar-refractivity contribution in [1.82, 2.24) is 4.98 Å². The summed E-state index contributed by atoms with van der Waals surface area (Å²) < 4.78 is 31.4. The Morgan fingerprint density at radius 3 is 2.77 bits per heavy atom. The average Bonchev–Trinajstić information content (AvgIpc) is 3.73. The Morgan fingerprint density at radius 1 is 1.20 bits per heavy atom. The van der Waals surface area contributed by atoms with E-state index in [1.54, 1.807) is 24.5 Å². The summed E-state index contributed by atoms with van der Waals surface area (Å²) in [7, 11) is 0. The third-order valence-electron chi connectivity index (χ3n) is 10.2. The van der Waals surface area contributed by atoms with Gasteiger partial charge >= 0.3 is 12.1 Å². The third kappa shape index (κ3) is 2.13. The van der Waals surface area contributed by atoms with Crippen LogP contribution in [0.3, 0.4) is 0 Å². The fourth-order valence-corrected chi connectivity index (χ4v) is 8.53. The van der Waals surface area contributed by atoms with Crippen LogP contribution in [0.25, 0.3) is 0 Å². The Kier molecular flexibility index (Phi) is 3.59. The van der Waals surface area contributed by atoms with Crippen molar-refractivity contribution in [3.05, 3.63) is 35.7 Å². The highest BCUT2D eigenvalue weighted by atomic mass is 16.8. The standard InChI is InChI=1S/C26H28N2O7/c1-12(2)24-18(34-24)19-26(35-19)23(3)7-4-14-15(11-31-20(14)29)16(23)10-17-25(26,33-17)21(24)32-22(30)28-13-5-8-27-9-6-13/h5-6,8-9,12,16-19,21H,4,7,10-11H2,1-3H3,(H,27,28,30)/t16-,17-,18-,19-,21+,23-,24-,25+,26+/m0/s1. The third-order valence-corrected chi connectivity index (χ3v) is 10.2. The molecule has 0 bridgehead atoms. The van der Waals surface area contributed by atoms with Crippen LogP contribution in [0, 0.1) is 17.3 Å². The summed E-state index contributed by atoms with van der Waals surface area (Å²) in [5.41, 5.74) is 0.299. The summed E-state index contributed by atoms with van der Waals surface area (Å²) in [4.78, 5) is 29.5. The van der Waals surface area contributed by atoms with E-state index in [1.807, 2.05) is 0 Å². The lowest BCUT2D eigenvalue weighted by molar-refractivity contribution is -0.136. The first kappa shape index (κ1) is 20.7. The molecule has 0 aromatic carbocycles. The van der Waals surface area contributed by atoms with E-state index < -0.39 is 29.0 Å². The number of fused-ring (bicyclic) bond motifs is 4. The van der Waals surface area contributed by atoms with E-state index in [-0.39, 0.29) is 41.5 Å². The Morgan fingerprint density at radius 2 is 2.00 bits per heavy atom. The van der Waals surface area contributed by atoms with Gasteiger partial charge in [0.25, 0.3) is 0 Å². The van der Waals surface area contributed by atoms with Gasteiger partial charge in [0.2, 0.25) is 0 Å². The van der Waals surface area contributed by atoms with E-state index >= 15 is 0 Å². The molecule has 1 amide bonds. The van der Waals surface area contributed by atoms with Gasteiger partial charge in [0, 0.05) is 29.1 Å². The Balaban J connectivity index is 1.19. The van der Waals surface area contributed by atoms with Crippen molar-refractivity contribution in [2.24, 2.45) is 17.3 Å². The van der Waals surface area contributed by atoms with Crippen molar-refractivity contribution < 1.29 is 33.3 Å². The molecule has 5 heterocycles. The molecular formula is C26H28N2O7. The summed E-state index contributed by atoms with van der Waals surface area (Å²) in [6.45, 7) is 6.84. The van der Waals surface area contributed by atoms with E-state index in [2.05, 4.69) is 31.1 Å². The molecule has 0 unspecified atom stereocenters. The fourth-order valence-electron chi connectivity index (χ4n) is 8.53. The predicted molar refractivity (Wildman–Crippen MR) is 119 cm³/mol. The monoisotopic (exact) mass is 480 g/mol. The summed E-state index contributed by atoms with van der Waals surface area (Å²) in [5, 5.41) is 2.83. The van der Waals surface area contributed by atoms with Crippen LogP contribution in [0.2, 0.25) is 0 Å². The van der Waals surface area contributed by atoms with Gasteiger partial charge in [-0.2, -0.15) is 0 Å². The largest absolute Gasteiger partial charge is 0.458 e. The van der Waals surface area contributed by atoms with Crippen molar-refractivity contribution in [2.75, 3.05) is 11.9 Å². The zero-order valence-electron chi connectivity index (χ0n) is 19.9. The zero-order chi connectivity index (χ0) is 24.0. The Bertz CT molecular complexity index is 1220. The lowest BCUT2D eigenvalue weighted by Crippen LogP contribution is -2.70. The first-order chi connectivity index (χ1) is 16.8. The molecule has 8 rings (SSSR count). The van der Waals surface area contributed by atoms with Gasteiger partial charge in [0.1, 0.15) is 30.0 Å². The topological polar surface area (TPSA) is 115 Å². The molecule has 3 aliphatic carbocycles. The van der Waals surface area contributed by atoms with E-state index in [0.717, 1.165) is 24.0 Å². The van der Waals surface area contributed by atoms with Crippen LogP contribution in [0.1, 0.15) is 40.0 Å². The van der Waals surface area contributed by atoms with Gasteiger partial charge in [-0.05, 0) is 48.8 Å². The number of hydrogen-bond acceptors (Lipinski definition) is 8. The summed E-state index contributed by atoms with van der Waals surface area (Å²) in [5.74, 6) is 0.0722. The number of rotatable bonds is 3. The number of carbonyl (C=O) groups excluding carboxylic acids is 2. The molecule has 2 saturated carbocycles. The number of nitrogens with zero attached hydrogens (tertiary/aromatic N) is 1. The minimum absolute atomic E-state index is 0.106. The van der Waals surface area contributed by atoms with Crippen LogP contribution in [0.15, 0.2) is 35.7 Å². The predicted octanol–water partition coefficient (Wildman–Crippen LogP) is 2.75. The number of esters is 1. The maximum atomic E-state index is 13.1. The van der Waals surface area contributed by atoms with Gasteiger partial charge in [-0.3, -0.25) is 10.3 Å². The van der Waals surface area contributed by atoms with E-state index in [0.29, 0.717) is 18.7 Å². The number of anilines is 1. The highest BCUT2D eigenvalue weighted by Gasteiger charge is 3.01. The number of carbonyl (C=O) groups is 2. The minimum atomic E-state index is -0.753. The first-order valence-corrected chi connectivity index (χ1v) is 12.6. The normalized spacial score (nSPS) is 49.5. The van der Waals surface area contributed by atoms with Crippen molar-refractivity contribution >= 4 is 17.7 Å². The molecule has 1 aromatic rings. The number of hydrogen-bond donors (Lipinski definition) is 1. The highest BCUT2D eigenvalue weighted by molar-refractivity contribution is 5.92. The van der Waals surface area contributed by atoms with Crippen LogP contribution in [0.5, 0.6) is 0 Å². The van der Waals surface area contributed by atoms with Gasteiger partial charge in [-0.25, -0.2) is 9.59 Å². The molecule has 9 nitrogen and oxygen atoms in total. The van der Waals surface area contributed by atoms with Crippen LogP contribution in [-0.2, 0) is 28.5 Å². The number of amides is 1. The molecule has 184 valence electrons. The number of ether oxygens (including phenoxy) is 5. The van der Waals surface area contributed by atoms with Gasteiger partial charge in [0.05, 0.1) is 6.10 Å². The average molecular weight is 481 g/mol. The van der Waals surface area contributed by atoms with Crippen LogP contribution < -0.4 is 5.32 Å². The molecule has 7 aliphatic rings. The first-order valence-electron chi connectivity index (χ1n) is 12.6. The minimum Gasteiger partial charge on any atom is -0.458 e. The van der Waals surface area contributed by atoms with Crippen LogP contribution in [0.4, 0.5) is 10.5 Å². The van der Waals surface area contributed by atoms with Crippen molar-refractivity contribution in [3.63, 3.8) is 0 Å². The highest BCUT2D eigenvalue weighted by Crippen LogP contribution is 2.83. The maximum absolute atomic E-state index is 13.1. The number of pyridine rings is 1. The van der Waals surface area contributed by atoms with Crippen molar-refractivity contribution in [2.45, 2.75) is 81.3 Å². The van der Waals surface area contributed by atoms with Gasteiger partial charge in [-0.15, -0.1) is 0 Å². The molecule has 2 spiro atoms. The van der Waals surface area contributed by atoms with Crippen LogP contribution in [-0.4, -0.2) is 64.9 Å². The van der Waals surface area contributed by atoms with Crippen molar-refractivity contribution in [1.29, 1.82) is 0 Å². The molecule has 9 atom stereocenters. The fraction of sp³-hybridized carbons (Fsp3) is 0.654. The second-order valence-corrected chi connectivity index (χ2v) is 11.7. The zero-order valence-corrected chi connectivity index (χ0v) is 19.9. The molecular weight excluding hydrogens is 452 g/mol. The molecule has 9 heteroatoms. The molecule has 1 N–H and O–H groups in total. The van der Waals surface area contributed by atoms with Gasteiger partial charge in [-0.1, -0.05) is 20.8 Å².